The van der Waals surface area contributed by atoms with Crippen molar-refractivity contribution in [2.24, 2.45) is 0 Å². The first-order valence-corrected chi connectivity index (χ1v) is 10.4. The molecule has 7 heteroatoms. The summed E-state index contributed by atoms with van der Waals surface area (Å²) in [5, 5.41) is 2.41. The van der Waals surface area contributed by atoms with E-state index in [0.717, 1.165) is 10.8 Å². The maximum absolute atomic E-state index is 12.8. The van der Waals surface area contributed by atoms with Crippen LogP contribution >= 0.6 is 11.6 Å². The van der Waals surface area contributed by atoms with Gasteiger partial charge >= 0.3 is 0 Å². The maximum Gasteiger partial charge on any atom is 0.240 e. The van der Waals surface area contributed by atoms with E-state index in [1.54, 1.807) is 47.4 Å². The molecule has 0 aromatic heterocycles. The number of amides is 1. The predicted molar refractivity (Wildman–Crippen MR) is 106 cm³/mol. The zero-order chi connectivity index (χ0) is 19.0. The minimum atomic E-state index is -3.72. The predicted octanol–water partition coefficient (Wildman–Crippen LogP) is 3.58. The standard InChI is InChI=1S/C20H17ClN2O3S/c21-16-6-8-18(9-7-16)23-13-17(12-20(23)24)22-27(25,26)19-10-5-14-3-1-2-4-15(14)11-19/h1-11,17,22H,12-13H2/t17-/m0/s1. The minimum absolute atomic E-state index is 0.120. The van der Waals surface area contributed by atoms with Crippen molar-refractivity contribution in [3.05, 3.63) is 71.8 Å². The Morgan fingerprint density at radius 1 is 0.963 bits per heavy atom. The van der Waals surface area contributed by atoms with Gasteiger partial charge in [0.2, 0.25) is 15.9 Å². The lowest BCUT2D eigenvalue weighted by Crippen LogP contribution is -2.37. The third-order valence-corrected chi connectivity index (χ3v) is 6.39. The number of carbonyl (C=O) groups is 1. The Morgan fingerprint density at radius 3 is 2.41 bits per heavy atom. The van der Waals surface area contributed by atoms with Crippen LogP contribution in [0.15, 0.2) is 71.6 Å². The van der Waals surface area contributed by atoms with Crippen molar-refractivity contribution >= 4 is 44.0 Å². The fraction of sp³-hybridized carbons (Fsp3) is 0.150. The van der Waals surface area contributed by atoms with E-state index < -0.39 is 16.1 Å². The molecule has 1 aliphatic rings. The number of halogens is 1. The molecule has 5 nitrogen and oxygen atoms in total. The lowest BCUT2D eigenvalue weighted by Gasteiger charge is -2.17. The lowest BCUT2D eigenvalue weighted by molar-refractivity contribution is -0.117. The Hall–Kier alpha value is -2.41. The summed E-state index contributed by atoms with van der Waals surface area (Å²) in [6.07, 6.45) is 0.120. The summed E-state index contributed by atoms with van der Waals surface area (Å²) in [5.41, 5.74) is 0.705. The molecule has 0 bridgehead atoms. The summed E-state index contributed by atoms with van der Waals surface area (Å²) in [4.78, 5) is 14.1. The Balaban J connectivity index is 1.54. The summed E-state index contributed by atoms with van der Waals surface area (Å²) < 4.78 is 28.2. The summed E-state index contributed by atoms with van der Waals surface area (Å²) in [5.74, 6) is -0.122. The normalized spacial score (nSPS) is 17.6. The van der Waals surface area contributed by atoms with Crippen LogP contribution < -0.4 is 9.62 Å². The number of nitrogens with one attached hydrogen (secondary N) is 1. The molecule has 0 unspecified atom stereocenters. The average molecular weight is 401 g/mol. The Labute approximate surface area is 162 Å². The first-order chi connectivity index (χ1) is 12.9. The molecular weight excluding hydrogens is 384 g/mol. The number of anilines is 1. The highest BCUT2D eigenvalue weighted by Gasteiger charge is 2.33. The SMILES string of the molecule is O=C1C[C@H](NS(=O)(=O)c2ccc3ccccc3c2)CN1c1ccc(Cl)cc1. The quantitative estimate of drug-likeness (QED) is 0.727. The minimum Gasteiger partial charge on any atom is -0.311 e. The van der Waals surface area contributed by atoms with Crippen LogP contribution in [0.5, 0.6) is 0 Å². The maximum atomic E-state index is 12.8. The molecule has 27 heavy (non-hydrogen) atoms. The van der Waals surface area contributed by atoms with Crippen LogP contribution in [-0.2, 0) is 14.8 Å². The summed E-state index contributed by atoms with van der Waals surface area (Å²) in [6.45, 7) is 0.285. The van der Waals surface area contributed by atoms with Gasteiger partial charge < -0.3 is 4.90 Å². The van der Waals surface area contributed by atoms with Gasteiger partial charge in [-0.3, -0.25) is 4.79 Å². The number of sulfonamides is 1. The zero-order valence-electron chi connectivity index (χ0n) is 14.3. The van der Waals surface area contributed by atoms with Crippen LogP contribution in [0.25, 0.3) is 10.8 Å². The van der Waals surface area contributed by atoms with Crippen LogP contribution in [-0.4, -0.2) is 26.9 Å². The van der Waals surface area contributed by atoms with Crippen molar-refractivity contribution in [3.8, 4) is 0 Å². The third kappa shape index (κ3) is 3.69. The van der Waals surface area contributed by atoms with Gasteiger partial charge in [0, 0.05) is 29.7 Å². The van der Waals surface area contributed by atoms with Gasteiger partial charge in [-0.05, 0) is 47.2 Å². The van der Waals surface area contributed by atoms with Crippen LogP contribution in [0.4, 0.5) is 5.69 Å². The van der Waals surface area contributed by atoms with Gasteiger partial charge in [-0.2, -0.15) is 0 Å². The van der Waals surface area contributed by atoms with Crippen LogP contribution in [0.1, 0.15) is 6.42 Å². The number of hydrogen-bond donors (Lipinski definition) is 1. The molecule has 3 aromatic carbocycles. The van der Waals surface area contributed by atoms with Crippen molar-refractivity contribution in [1.82, 2.24) is 4.72 Å². The van der Waals surface area contributed by atoms with Gasteiger partial charge in [-0.15, -0.1) is 0 Å². The molecule has 0 aliphatic carbocycles. The van der Waals surface area contributed by atoms with Gasteiger partial charge in [0.15, 0.2) is 0 Å². The molecular formula is C20H17ClN2O3S. The van der Waals surface area contributed by atoms with E-state index in [-0.39, 0.29) is 23.8 Å². The van der Waals surface area contributed by atoms with Gasteiger partial charge in [0.25, 0.3) is 0 Å². The van der Waals surface area contributed by atoms with E-state index in [9.17, 15) is 13.2 Å². The largest absolute Gasteiger partial charge is 0.311 e. The van der Waals surface area contributed by atoms with Crippen molar-refractivity contribution in [2.45, 2.75) is 17.4 Å². The molecule has 1 heterocycles. The smallest absolute Gasteiger partial charge is 0.240 e. The van der Waals surface area contributed by atoms with Gasteiger partial charge in [-0.1, -0.05) is 41.9 Å². The number of carbonyl (C=O) groups excluding carboxylic acids is 1. The highest BCUT2D eigenvalue weighted by Crippen LogP contribution is 2.25. The van der Waals surface area contributed by atoms with Gasteiger partial charge in [0.05, 0.1) is 4.90 Å². The zero-order valence-corrected chi connectivity index (χ0v) is 15.9. The van der Waals surface area contributed by atoms with Gasteiger partial charge in [-0.25, -0.2) is 13.1 Å². The van der Waals surface area contributed by atoms with Crippen LogP contribution in [0.2, 0.25) is 5.02 Å². The fourth-order valence-corrected chi connectivity index (χ4v) is 4.67. The van der Waals surface area contributed by atoms with E-state index in [1.165, 1.54) is 0 Å². The van der Waals surface area contributed by atoms with E-state index in [1.807, 2.05) is 24.3 Å². The molecule has 0 radical (unpaired) electrons. The molecule has 1 fully saturated rings. The molecule has 1 amide bonds. The molecule has 3 aromatic rings. The van der Waals surface area contributed by atoms with E-state index in [0.29, 0.717) is 10.7 Å². The topological polar surface area (TPSA) is 66.5 Å². The van der Waals surface area contributed by atoms with Crippen molar-refractivity contribution in [3.63, 3.8) is 0 Å². The second-order valence-corrected chi connectivity index (χ2v) is 8.66. The van der Waals surface area contributed by atoms with E-state index in [4.69, 9.17) is 11.6 Å². The fourth-order valence-electron chi connectivity index (χ4n) is 3.28. The highest BCUT2D eigenvalue weighted by molar-refractivity contribution is 7.89. The van der Waals surface area contributed by atoms with E-state index >= 15 is 0 Å². The number of rotatable bonds is 4. The van der Waals surface area contributed by atoms with Crippen molar-refractivity contribution in [2.75, 3.05) is 11.4 Å². The number of nitrogens with zero attached hydrogens (tertiary/aromatic N) is 1. The second-order valence-electron chi connectivity index (χ2n) is 6.51. The number of benzene rings is 3. The third-order valence-electron chi connectivity index (χ3n) is 4.62. The highest BCUT2D eigenvalue weighted by atomic mass is 35.5. The molecule has 1 atom stereocenters. The van der Waals surface area contributed by atoms with Gasteiger partial charge in [0.1, 0.15) is 0 Å². The monoisotopic (exact) mass is 400 g/mol. The Kier molecular flexibility index (Phi) is 4.63. The molecule has 4 rings (SSSR count). The number of hydrogen-bond acceptors (Lipinski definition) is 3. The Morgan fingerprint density at radius 2 is 1.67 bits per heavy atom. The molecule has 0 saturated carbocycles. The average Bonchev–Trinajstić information content (AvgIpc) is 3.01. The number of fused-ring (bicyclic) bond motifs is 1. The summed E-state index contributed by atoms with van der Waals surface area (Å²) >= 11 is 5.88. The molecule has 138 valence electrons. The lowest BCUT2D eigenvalue weighted by atomic mass is 10.1. The van der Waals surface area contributed by atoms with Crippen molar-refractivity contribution in [1.29, 1.82) is 0 Å². The van der Waals surface area contributed by atoms with Crippen LogP contribution in [0.3, 0.4) is 0 Å². The van der Waals surface area contributed by atoms with Crippen LogP contribution in [0, 0.1) is 0 Å². The first-order valence-electron chi connectivity index (χ1n) is 8.49. The molecule has 1 saturated heterocycles. The molecule has 1 N–H and O–H groups in total. The second kappa shape index (κ2) is 6.96. The Bertz CT molecular complexity index is 1110. The van der Waals surface area contributed by atoms with E-state index in [2.05, 4.69) is 4.72 Å². The molecule has 1 aliphatic heterocycles. The summed E-state index contributed by atoms with van der Waals surface area (Å²) in [6, 6.07) is 19.0. The van der Waals surface area contributed by atoms with Crippen molar-refractivity contribution < 1.29 is 13.2 Å². The first kappa shape index (κ1) is 18.0. The molecule has 0 spiro atoms. The summed E-state index contributed by atoms with van der Waals surface area (Å²) in [7, 11) is -3.72.